The molecule has 1 aromatic rings. The molecule has 3 atom stereocenters. The van der Waals surface area contributed by atoms with Crippen molar-refractivity contribution in [3.05, 3.63) is 24.2 Å². The van der Waals surface area contributed by atoms with Gasteiger partial charge in [-0.1, -0.05) is 13.8 Å². The van der Waals surface area contributed by atoms with Crippen molar-refractivity contribution in [1.82, 2.24) is 15.1 Å². The number of hydrogen-bond acceptors (Lipinski definition) is 7. The summed E-state index contributed by atoms with van der Waals surface area (Å²) in [5, 5.41) is 17.3. The lowest BCUT2D eigenvalue weighted by molar-refractivity contribution is -0.193. The first kappa shape index (κ1) is 34.2. The largest absolute Gasteiger partial charge is 0.490 e. The zero-order valence-electron chi connectivity index (χ0n) is 21.4. The van der Waals surface area contributed by atoms with Gasteiger partial charge in [-0.15, -0.1) is 0 Å². The first-order valence-electron chi connectivity index (χ1n) is 12.1. The molecule has 3 N–H and O–H groups in total. The summed E-state index contributed by atoms with van der Waals surface area (Å²) in [6.07, 6.45) is -6.42. The highest BCUT2D eigenvalue weighted by Crippen LogP contribution is 2.31. The lowest BCUT2D eigenvalue weighted by atomic mass is 9.89. The quantitative estimate of drug-likeness (QED) is 0.399. The van der Waals surface area contributed by atoms with Crippen LogP contribution in [0.5, 0.6) is 0 Å². The molecule has 0 radical (unpaired) electrons. The number of rotatable bonds is 8. The van der Waals surface area contributed by atoms with E-state index in [0.29, 0.717) is 12.6 Å². The van der Waals surface area contributed by atoms with Crippen molar-refractivity contribution in [3.63, 3.8) is 0 Å². The summed E-state index contributed by atoms with van der Waals surface area (Å²) < 4.78 is 74.7. The number of amides is 1. The minimum Gasteiger partial charge on any atom is -0.475 e. The van der Waals surface area contributed by atoms with Crippen molar-refractivity contribution >= 4 is 17.8 Å². The van der Waals surface area contributed by atoms with Crippen molar-refractivity contribution in [3.8, 4) is 0 Å². The van der Waals surface area contributed by atoms with Gasteiger partial charge in [0.1, 0.15) is 5.76 Å². The molecule has 1 amide bonds. The van der Waals surface area contributed by atoms with E-state index in [9.17, 15) is 31.1 Å². The van der Waals surface area contributed by atoms with Gasteiger partial charge in [-0.05, 0) is 38.1 Å². The second-order valence-corrected chi connectivity index (χ2v) is 8.62. The van der Waals surface area contributed by atoms with Crippen LogP contribution in [-0.2, 0) is 25.7 Å². The average molecular weight is 578 g/mol. The third-order valence-electron chi connectivity index (χ3n) is 6.09. The van der Waals surface area contributed by atoms with Gasteiger partial charge in [0, 0.05) is 32.3 Å². The van der Waals surface area contributed by atoms with E-state index in [1.54, 1.807) is 6.26 Å². The van der Waals surface area contributed by atoms with Crippen molar-refractivity contribution in [2.45, 2.75) is 57.7 Å². The van der Waals surface area contributed by atoms with Crippen LogP contribution in [0.25, 0.3) is 0 Å². The van der Waals surface area contributed by atoms with Gasteiger partial charge in [0.15, 0.2) is 0 Å². The zero-order valence-corrected chi connectivity index (χ0v) is 21.4. The summed E-state index contributed by atoms with van der Waals surface area (Å²) in [7, 11) is 0. The van der Waals surface area contributed by atoms with E-state index < -0.39 is 24.3 Å². The fraction of sp³-hybridized carbons (Fsp3) is 0.696. The number of furan rings is 1. The van der Waals surface area contributed by atoms with Crippen LogP contribution in [0, 0.1) is 5.92 Å². The molecule has 1 aromatic heterocycles. The molecule has 224 valence electrons. The molecule has 0 bridgehead atoms. The Morgan fingerprint density at radius 2 is 1.64 bits per heavy atom. The fourth-order valence-corrected chi connectivity index (χ4v) is 4.04. The normalized spacial score (nSPS) is 21.2. The number of carboxylic acid groups (broad SMARTS) is 2. The zero-order chi connectivity index (χ0) is 29.8. The lowest BCUT2D eigenvalue weighted by Gasteiger charge is -2.41. The third-order valence-corrected chi connectivity index (χ3v) is 6.09. The molecule has 0 spiro atoms. The number of ether oxygens (including phenoxy) is 1. The molecule has 39 heavy (non-hydrogen) atoms. The Kier molecular flexibility index (Phi) is 13.7. The maximum atomic E-state index is 12.6. The molecule has 0 unspecified atom stereocenters. The van der Waals surface area contributed by atoms with Crippen LogP contribution in [0.15, 0.2) is 22.8 Å². The molecule has 0 aliphatic carbocycles. The number of likely N-dealkylation sites (N-methyl/N-ethyl adjacent to an activating group) is 1. The number of carbonyl (C=O) groups is 3. The average Bonchev–Trinajstić information content (AvgIpc) is 3.54. The van der Waals surface area contributed by atoms with Crippen molar-refractivity contribution in [1.29, 1.82) is 0 Å². The second-order valence-electron chi connectivity index (χ2n) is 8.62. The molecule has 2 aliphatic heterocycles. The molecule has 2 saturated heterocycles. The van der Waals surface area contributed by atoms with Crippen LogP contribution in [0.2, 0.25) is 0 Å². The summed E-state index contributed by atoms with van der Waals surface area (Å²) >= 11 is 0. The number of halogens is 6. The van der Waals surface area contributed by atoms with Gasteiger partial charge in [-0.3, -0.25) is 9.69 Å². The molecule has 2 fully saturated rings. The van der Waals surface area contributed by atoms with E-state index in [2.05, 4.69) is 29.0 Å². The molecule has 0 aromatic carbocycles. The summed E-state index contributed by atoms with van der Waals surface area (Å²) in [5.74, 6) is -4.62. The number of nitrogens with zero attached hydrogens (tertiary/aromatic N) is 2. The number of hydrogen-bond donors (Lipinski definition) is 3. The molecule has 10 nitrogen and oxygen atoms in total. The fourth-order valence-electron chi connectivity index (χ4n) is 4.04. The summed E-state index contributed by atoms with van der Waals surface area (Å²) in [6, 6.07) is 4.20. The van der Waals surface area contributed by atoms with Crippen LogP contribution in [0.1, 0.15) is 32.4 Å². The summed E-state index contributed by atoms with van der Waals surface area (Å²) in [6.45, 7) is 10.7. The van der Waals surface area contributed by atoms with E-state index in [4.69, 9.17) is 29.0 Å². The van der Waals surface area contributed by atoms with E-state index in [1.807, 2.05) is 12.1 Å². The maximum Gasteiger partial charge on any atom is 0.490 e. The molecule has 3 heterocycles. The first-order valence-corrected chi connectivity index (χ1v) is 12.1. The third kappa shape index (κ3) is 12.3. The molecular weight excluding hydrogens is 544 g/mol. The smallest absolute Gasteiger partial charge is 0.475 e. The number of likely N-dealkylation sites (tertiary alicyclic amines) is 1. The SMILES string of the molecule is CCN(CC)CCN1C[C@@H](C(=O)NCc2ccco2)C[C@H]2OCC[C@H]21.O=C(O)C(F)(F)F.O=C(O)C(F)(F)F. The standard InChI is InChI=1S/C19H31N3O3.2C2HF3O2/c1-3-21(4-2)8-9-22-14-15(12-18-17(22)7-11-25-18)19(23)20-13-16-6-5-10-24-16;2*3-2(4,5)1(6)7/h5-6,10,15,17-18H,3-4,7-9,11-14H2,1-2H3,(H,20,23);2*(H,6,7)/t15-,17+,18+;;/m0../s1. The molecule has 0 saturated carbocycles. The van der Waals surface area contributed by atoms with Crippen molar-refractivity contribution in [2.75, 3.05) is 39.3 Å². The number of piperidine rings is 1. The van der Waals surface area contributed by atoms with Crippen molar-refractivity contribution in [2.24, 2.45) is 5.92 Å². The lowest BCUT2D eigenvalue weighted by Crippen LogP contribution is -2.54. The predicted octanol–water partition coefficient (Wildman–Crippen LogP) is 2.98. The number of nitrogens with one attached hydrogen (secondary N) is 1. The summed E-state index contributed by atoms with van der Waals surface area (Å²) in [4.78, 5) is 35.3. The monoisotopic (exact) mass is 577 g/mol. The van der Waals surface area contributed by atoms with Crippen LogP contribution < -0.4 is 5.32 Å². The minimum atomic E-state index is -5.08. The van der Waals surface area contributed by atoms with Crippen molar-refractivity contribution < 1.29 is 60.1 Å². The Balaban J connectivity index is 0.000000449. The maximum absolute atomic E-state index is 12.6. The van der Waals surface area contributed by atoms with Gasteiger partial charge >= 0.3 is 24.3 Å². The second kappa shape index (κ2) is 15.7. The number of aliphatic carboxylic acids is 2. The number of alkyl halides is 6. The van der Waals surface area contributed by atoms with Gasteiger partial charge in [0.2, 0.25) is 5.91 Å². The van der Waals surface area contributed by atoms with E-state index in [1.165, 1.54) is 0 Å². The Bertz CT molecular complexity index is 868. The number of carbonyl (C=O) groups excluding carboxylic acids is 1. The molecule has 2 aliphatic rings. The van der Waals surface area contributed by atoms with Gasteiger partial charge in [-0.2, -0.15) is 26.3 Å². The van der Waals surface area contributed by atoms with E-state index in [0.717, 1.165) is 57.9 Å². The van der Waals surface area contributed by atoms with Gasteiger partial charge < -0.3 is 29.6 Å². The number of carboxylic acids is 2. The topological polar surface area (TPSA) is 133 Å². The molecule has 3 rings (SSSR count). The van der Waals surface area contributed by atoms with Crippen LogP contribution in [-0.4, -0.2) is 102 Å². The predicted molar refractivity (Wildman–Crippen MR) is 124 cm³/mol. The summed E-state index contributed by atoms with van der Waals surface area (Å²) in [5.41, 5.74) is 0. The molecule has 16 heteroatoms. The van der Waals surface area contributed by atoms with E-state index >= 15 is 0 Å². The van der Waals surface area contributed by atoms with Gasteiger partial charge in [0.25, 0.3) is 0 Å². The highest BCUT2D eigenvalue weighted by molar-refractivity contribution is 5.79. The van der Waals surface area contributed by atoms with Crippen LogP contribution >= 0.6 is 0 Å². The highest BCUT2D eigenvalue weighted by Gasteiger charge is 2.42. The highest BCUT2D eigenvalue weighted by atomic mass is 19.4. The van der Waals surface area contributed by atoms with Gasteiger partial charge in [0.05, 0.1) is 24.8 Å². The Hall–Kier alpha value is -2.85. The van der Waals surface area contributed by atoms with Gasteiger partial charge in [-0.25, -0.2) is 9.59 Å². The number of fused-ring (bicyclic) bond motifs is 1. The molecular formula is C23H33F6N3O7. The van der Waals surface area contributed by atoms with Crippen LogP contribution in [0.4, 0.5) is 26.3 Å². The van der Waals surface area contributed by atoms with Crippen LogP contribution in [0.3, 0.4) is 0 Å². The Morgan fingerprint density at radius 1 is 1.08 bits per heavy atom. The van der Waals surface area contributed by atoms with E-state index in [-0.39, 0.29) is 17.9 Å². The Morgan fingerprint density at radius 3 is 2.10 bits per heavy atom. The minimum absolute atomic E-state index is 0.00832. The Labute approximate surface area is 220 Å². The first-order chi connectivity index (χ1) is 18.1.